The number of nitrogens with zero attached hydrogens (tertiary/aromatic N) is 4. The summed E-state index contributed by atoms with van der Waals surface area (Å²) in [6, 6.07) is 11.9. The van der Waals surface area contributed by atoms with Crippen molar-refractivity contribution in [1.82, 2.24) is 19.7 Å². The molecule has 1 atom stereocenters. The van der Waals surface area contributed by atoms with Crippen molar-refractivity contribution in [3.63, 3.8) is 0 Å². The highest BCUT2D eigenvalue weighted by molar-refractivity contribution is 6.04. The third kappa shape index (κ3) is 3.82. The van der Waals surface area contributed by atoms with Gasteiger partial charge in [0.1, 0.15) is 11.5 Å². The highest BCUT2D eigenvalue weighted by Crippen LogP contribution is 2.23. The molecule has 0 unspecified atom stereocenters. The van der Waals surface area contributed by atoms with Gasteiger partial charge in [0.2, 0.25) is 5.71 Å². The number of anilines is 1. The van der Waals surface area contributed by atoms with Crippen molar-refractivity contribution >= 4 is 34.4 Å². The second kappa shape index (κ2) is 8.20. The van der Waals surface area contributed by atoms with Crippen molar-refractivity contribution in [1.29, 1.82) is 0 Å². The van der Waals surface area contributed by atoms with Crippen LogP contribution < -0.4 is 15.8 Å². The first-order valence-corrected chi connectivity index (χ1v) is 9.55. The van der Waals surface area contributed by atoms with E-state index in [-0.39, 0.29) is 0 Å². The van der Waals surface area contributed by atoms with Gasteiger partial charge in [-0.15, -0.1) is 0 Å². The van der Waals surface area contributed by atoms with E-state index in [9.17, 15) is 4.79 Å². The Kier molecular flexibility index (Phi) is 5.48. The zero-order valence-corrected chi connectivity index (χ0v) is 16.5. The van der Waals surface area contributed by atoms with E-state index < -0.39 is 5.63 Å². The maximum Gasteiger partial charge on any atom is 0.347 e. The number of rotatable bonds is 2. The fourth-order valence-corrected chi connectivity index (χ4v) is 3.55. The largest absolute Gasteiger partial charge is 0.403 e. The molecule has 0 radical (unpaired) electrons. The zero-order valence-electron chi connectivity index (χ0n) is 15.7. The lowest BCUT2D eigenvalue weighted by molar-refractivity contribution is 0.481. The summed E-state index contributed by atoms with van der Waals surface area (Å²) in [6.45, 7) is 4.82. The number of hydrogen-bond donors (Lipinski definition) is 2. The molecular weight excluding hydrogens is 394 g/mol. The lowest BCUT2D eigenvalue weighted by Crippen LogP contribution is -2.49. The fraction of sp³-hybridized carbons (Fsp3) is 0.250. The number of imidazole rings is 1. The molecule has 150 valence electrons. The predicted molar refractivity (Wildman–Crippen MR) is 112 cm³/mol. The van der Waals surface area contributed by atoms with Crippen LogP contribution >= 0.6 is 11.9 Å². The van der Waals surface area contributed by atoms with Crippen LogP contribution in [-0.2, 0) is 0 Å². The van der Waals surface area contributed by atoms with Crippen LogP contribution in [0.2, 0.25) is 0 Å². The lowest BCUT2D eigenvalue weighted by Gasteiger charge is -2.32. The van der Waals surface area contributed by atoms with Crippen LogP contribution in [0.3, 0.4) is 0 Å². The van der Waals surface area contributed by atoms with Crippen molar-refractivity contribution in [2.75, 3.05) is 24.5 Å². The summed E-state index contributed by atoms with van der Waals surface area (Å²) < 4.78 is 13.9. The Morgan fingerprint density at radius 3 is 2.90 bits per heavy atom. The van der Waals surface area contributed by atoms with E-state index in [1.807, 2.05) is 47.1 Å². The van der Waals surface area contributed by atoms with Crippen molar-refractivity contribution < 1.29 is 9.08 Å². The molecule has 0 aromatic carbocycles. The van der Waals surface area contributed by atoms with E-state index in [2.05, 4.69) is 39.0 Å². The number of aromatic nitrogens is 3. The van der Waals surface area contributed by atoms with Crippen LogP contribution in [0.4, 0.5) is 5.82 Å². The number of fused-ring (bicyclic) bond motifs is 2. The molecule has 0 aliphatic carbocycles. The monoisotopic (exact) mass is 413 g/mol. The molecule has 0 spiro atoms. The average Bonchev–Trinajstić information content (AvgIpc) is 3.18. The molecule has 0 bridgehead atoms. The van der Waals surface area contributed by atoms with Crippen LogP contribution in [-0.4, -0.2) is 44.7 Å². The van der Waals surface area contributed by atoms with Gasteiger partial charge in [0.05, 0.1) is 23.1 Å². The topological polar surface area (TPSA) is 95.9 Å². The Balaban J connectivity index is 0.000000994. The van der Waals surface area contributed by atoms with Gasteiger partial charge in [-0.25, -0.2) is 9.78 Å². The molecule has 0 saturated carbocycles. The highest BCUT2D eigenvalue weighted by Gasteiger charge is 2.18. The van der Waals surface area contributed by atoms with Gasteiger partial charge in [-0.1, -0.05) is 6.07 Å². The van der Waals surface area contributed by atoms with Crippen molar-refractivity contribution in [2.45, 2.75) is 13.0 Å². The minimum atomic E-state index is -0.427. The first kappa shape index (κ1) is 19.4. The van der Waals surface area contributed by atoms with Crippen molar-refractivity contribution in [3.05, 3.63) is 59.2 Å². The van der Waals surface area contributed by atoms with Crippen LogP contribution in [0.25, 0.3) is 28.0 Å². The molecule has 1 fully saturated rings. The average molecular weight is 414 g/mol. The van der Waals surface area contributed by atoms with Gasteiger partial charge in [-0.2, -0.15) is 4.98 Å². The van der Waals surface area contributed by atoms with Crippen LogP contribution in [0, 0.1) is 0 Å². The van der Waals surface area contributed by atoms with E-state index >= 15 is 0 Å². The summed E-state index contributed by atoms with van der Waals surface area (Å²) in [4.78, 5) is 23.9. The van der Waals surface area contributed by atoms with Gasteiger partial charge in [-0.05, 0) is 37.3 Å². The third-order valence-corrected chi connectivity index (χ3v) is 4.92. The second-order valence-electron chi connectivity index (χ2n) is 6.90. The third-order valence-electron chi connectivity index (χ3n) is 4.92. The van der Waals surface area contributed by atoms with Gasteiger partial charge in [0.25, 0.3) is 0 Å². The van der Waals surface area contributed by atoms with Crippen LogP contribution in [0.5, 0.6) is 0 Å². The van der Waals surface area contributed by atoms with Crippen LogP contribution in [0.1, 0.15) is 6.92 Å². The number of pyridine rings is 2. The Hall–Kier alpha value is -2.94. The minimum absolute atomic E-state index is 0.358. The molecular formula is C20H20ClN5O3. The highest BCUT2D eigenvalue weighted by atomic mass is 35.5. The van der Waals surface area contributed by atoms with Gasteiger partial charge in [0, 0.05) is 43.5 Å². The summed E-state index contributed by atoms with van der Waals surface area (Å²) in [6.07, 6.45) is 3.73. The Labute approximate surface area is 171 Å². The number of hydrogen-bond acceptors (Lipinski definition) is 7. The molecule has 1 saturated heterocycles. The summed E-state index contributed by atoms with van der Waals surface area (Å²) in [5.74, 6) is 0.833. The minimum Gasteiger partial charge on any atom is -0.403 e. The maximum absolute atomic E-state index is 12.6. The summed E-state index contributed by atoms with van der Waals surface area (Å²) in [7, 11) is 0. The normalized spacial score (nSPS) is 16.7. The first-order valence-electron chi connectivity index (χ1n) is 9.22. The lowest BCUT2D eigenvalue weighted by atomic mass is 10.2. The molecule has 4 aromatic heterocycles. The van der Waals surface area contributed by atoms with E-state index in [1.54, 1.807) is 6.07 Å². The molecule has 1 aliphatic rings. The summed E-state index contributed by atoms with van der Waals surface area (Å²) in [5.41, 5.74) is 1.75. The number of nitrogens with one attached hydrogen (secondary N) is 1. The van der Waals surface area contributed by atoms with Gasteiger partial charge in [-0.3, -0.25) is 4.66 Å². The van der Waals surface area contributed by atoms with Gasteiger partial charge < -0.3 is 19.0 Å². The molecule has 5 heterocycles. The summed E-state index contributed by atoms with van der Waals surface area (Å²) >= 11 is 3.64. The quantitative estimate of drug-likeness (QED) is 0.521. The smallest absolute Gasteiger partial charge is 0.347 e. The molecule has 9 heteroatoms. The molecule has 2 N–H and O–H groups in total. The van der Waals surface area contributed by atoms with Crippen molar-refractivity contribution in [3.8, 4) is 11.3 Å². The maximum atomic E-state index is 12.6. The predicted octanol–water partition coefficient (Wildman–Crippen LogP) is 2.43. The molecule has 5 rings (SSSR count). The fourth-order valence-electron chi connectivity index (χ4n) is 3.55. The molecule has 29 heavy (non-hydrogen) atoms. The Bertz CT molecular complexity index is 1170. The van der Waals surface area contributed by atoms with E-state index in [1.165, 1.54) is 0 Å². The number of piperazine rings is 1. The Morgan fingerprint density at radius 2 is 2.10 bits per heavy atom. The molecule has 0 amide bonds. The Morgan fingerprint density at radius 1 is 1.24 bits per heavy atom. The van der Waals surface area contributed by atoms with E-state index in [0.717, 1.165) is 36.5 Å². The van der Waals surface area contributed by atoms with Gasteiger partial charge >= 0.3 is 5.63 Å². The van der Waals surface area contributed by atoms with Crippen molar-refractivity contribution in [2.24, 2.45) is 0 Å². The molecule has 1 aliphatic heterocycles. The van der Waals surface area contributed by atoms with Crippen LogP contribution in [0.15, 0.2) is 58.0 Å². The zero-order chi connectivity index (χ0) is 20.4. The second-order valence-corrected chi connectivity index (χ2v) is 6.90. The standard InChI is InChI=1S/C20H19N5O2.ClHO/c1-13-11-25(9-7-21-13)18-6-5-14-10-15(20(26)27-19(14)23-18)16-12-24-8-3-2-4-17(24)22-16;1-2/h2-6,8,10,12-13,21H,7,9,11H2,1H3;2H/t13-;/m0./s1. The molecule has 4 aromatic rings. The van der Waals surface area contributed by atoms with E-state index in [0.29, 0.717) is 23.0 Å². The SMILES string of the molecule is C[C@H]1CN(c2ccc3cc(-c4cn5ccccc5n4)c(=O)oc3n2)CCN1.OCl. The summed E-state index contributed by atoms with van der Waals surface area (Å²) in [5, 5.41) is 4.20. The molecule has 8 nitrogen and oxygen atoms in total. The number of halogens is 1. The van der Waals surface area contributed by atoms with E-state index in [4.69, 9.17) is 9.08 Å². The van der Waals surface area contributed by atoms with Gasteiger partial charge in [0.15, 0.2) is 0 Å². The first-order chi connectivity index (χ1) is 14.2.